The summed E-state index contributed by atoms with van der Waals surface area (Å²) in [6.45, 7) is 6.18. The normalized spacial score (nSPS) is 12.9. The van der Waals surface area contributed by atoms with E-state index >= 15 is 0 Å². The van der Waals surface area contributed by atoms with Gasteiger partial charge in [-0.2, -0.15) is 15.0 Å². The Hall–Kier alpha value is -2.90. The van der Waals surface area contributed by atoms with Crippen LogP contribution in [-0.4, -0.2) is 49.4 Å². The van der Waals surface area contributed by atoms with Gasteiger partial charge in [0.2, 0.25) is 0 Å². The Kier molecular flexibility index (Phi) is 5.51. The smallest absolute Gasteiger partial charge is 0.256 e. The molecule has 2 rings (SSSR count). The van der Waals surface area contributed by atoms with E-state index in [2.05, 4.69) is 15.4 Å². The van der Waals surface area contributed by atoms with Gasteiger partial charge in [-0.05, 0) is 32.9 Å². The van der Waals surface area contributed by atoms with Gasteiger partial charge in [0.15, 0.2) is 0 Å². The van der Waals surface area contributed by atoms with Crippen LogP contribution in [0.4, 0.5) is 0 Å². The van der Waals surface area contributed by atoms with Crippen LogP contribution in [0.1, 0.15) is 36.2 Å². The van der Waals surface area contributed by atoms with Crippen molar-refractivity contribution in [2.24, 2.45) is 10.9 Å². The lowest BCUT2D eigenvalue weighted by atomic mass is 10.1. The van der Waals surface area contributed by atoms with Gasteiger partial charge in [-0.3, -0.25) is 4.79 Å². The van der Waals surface area contributed by atoms with Crippen molar-refractivity contribution in [2.75, 3.05) is 6.54 Å². The number of aryl methyl sites for hydroxylation is 1. The number of nitrogens with two attached hydrogens (primary N) is 1. The number of hydrogen-bond acceptors (Lipinski definition) is 5. The average Bonchev–Trinajstić information content (AvgIpc) is 3.09. The third kappa shape index (κ3) is 3.70. The monoisotopic (exact) mass is 330 g/mol. The summed E-state index contributed by atoms with van der Waals surface area (Å²) in [5.41, 5.74) is 7.67. The van der Waals surface area contributed by atoms with E-state index in [0.29, 0.717) is 17.8 Å². The fraction of sp³-hybridized carbons (Fsp3) is 0.375. The maximum absolute atomic E-state index is 13.1. The summed E-state index contributed by atoms with van der Waals surface area (Å²) < 4.78 is 0. The van der Waals surface area contributed by atoms with Crippen molar-refractivity contribution in [3.8, 4) is 5.69 Å². The van der Waals surface area contributed by atoms with Crippen molar-refractivity contribution in [2.45, 2.75) is 33.2 Å². The molecule has 8 heteroatoms. The van der Waals surface area contributed by atoms with E-state index < -0.39 is 0 Å². The molecular weight excluding hydrogens is 308 g/mol. The second-order valence-electron chi connectivity index (χ2n) is 5.57. The van der Waals surface area contributed by atoms with Crippen LogP contribution >= 0.6 is 0 Å². The highest BCUT2D eigenvalue weighted by atomic mass is 16.4. The Bertz CT molecular complexity index is 726. The maximum Gasteiger partial charge on any atom is 0.256 e. The Labute approximate surface area is 140 Å². The minimum atomic E-state index is -0.211. The molecule has 0 fully saturated rings. The largest absolute Gasteiger partial charge is 0.409 e. The number of benzene rings is 1. The number of nitrogens with zero attached hydrogens (tertiary/aromatic N) is 5. The van der Waals surface area contributed by atoms with Crippen LogP contribution in [0.15, 0.2) is 35.7 Å². The molecule has 0 saturated carbocycles. The van der Waals surface area contributed by atoms with Crippen molar-refractivity contribution in [1.82, 2.24) is 19.9 Å². The highest BCUT2D eigenvalue weighted by Crippen LogP contribution is 2.19. The number of oxime groups is 1. The lowest BCUT2D eigenvalue weighted by Gasteiger charge is -2.28. The Balaban J connectivity index is 2.38. The molecule has 1 atom stereocenters. The third-order valence-corrected chi connectivity index (χ3v) is 3.78. The lowest BCUT2D eigenvalue weighted by Crippen LogP contribution is -2.41. The first kappa shape index (κ1) is 17.5. The van der Waals surface area contributed by atoms with Gasteiger partial charge in [-0.1, -0.05) is 16.8 Å². The number of carbonyl (C=O) groups is 1. The van der Waals surface area contributed by atoms with Crippen LogP contribution in [0, 0.1) is 6.92 Å². The van der Waals surface area contributed by atoms with Gasteiger partial charge in [0.1, 0.15) is 5.84 Å². The van der Waals surface area contributed by atoms with E-state index in [1.165, 1.54) is 4.80 Å². The highest BCUT2D eigenvalue weighted by molar-refractivity contribution is 5.98. The van der Waals surface area contributed by atoms with Gasteiger partial charge < -0.3 is 15.8 Å². The SMILES string of the molecule is CCN(C(=O)c1cc(C)ccc1-n1nccn1)[C@@H](C)C/C(N)=N/O. The minimum absolute atomic E-state index is 0.0898. The summed E-state index contributed by atoms with van der Waals surface area (Å²) in [5.74, 6) is -0.0568. The molecule has 2 aromatic rings. The molecule has 128 valence electrons. The van der Waals surface area contributed by atoms with Gasteiger partial charge in [0, 0.05) is 19.0 Å². The Morgan fingerprint density at radius 3 is 2.67 bits per heavy atom. The first-order valence-corrected chi connectivity index (χ1v) is 7.72. The summed E-state index contributed by atoms with van der Waals surface area (Å²) in [6.07, 6.45) is 3.41. The van der Waals surface area contributed by atoms with Crippen LogP contribution in [0.25, 0.3) is 5.69 Å². The van der Waals surface area contributed by atoms with Crippen LogP contribution in [0.5, 0.6) is 0 Å². The molecule has 3 N–H and O–H groups in total. The topological polar surface area (TPSA) is 110 Å². The van der Waals surface area contributed by atoms with Crippen LogP contribution in [0.2, 0.25) is 0 Å². The van der Waals surface area contributed by atoms with E-state index in [4.69, 9.17) is 10.9 Å². The molecule has 1 heterocycles. The molecule has 0 saturated heterocycles. The Morgan fingerprint density at radius 1 is 1.42 bits per heavy atom. The standard InChI is InChI=1S/C16H22N6O2/c1-4-21(12(3)10-15(17)20-24)16(23)13-9-11(2)5-6-14(13)22-18-7-8-19-22/h5-9,12,24H,4,10H2,1-3H3,(H2,17,20)/t12-/m0/s1. The van der Waals surface area contributed by atoms with E-state index in [-0.39, 0.29) is 24.2 Å². The molecule has 0 aliphatic carbocycles. The predicted molar refractivity (Wildman–Crippen MR) is 90.3 cm³/mol. The molecule has 24 heavy (non-hydrogen) atoms. The fourth-order valence-corrected chi connectivity index (χ4v) is 2.60. The predicted octanol–water partition coefficient (Wildman–Crippen LogP) is 1.56. The maximum atomic E-state index is 13.1. The quantitative estimate of drug-likeness (QED) is 0.361. The van der Waals surface area contributed by atoms with Gasteiger partial charge in [0.05, 0.1) is 23.6 Å². The zero-order valence-electron chi connectivity index (χ0n) is 14.0. The molecule has 0 unspecified atom stereocenters. The number of aromatic nitrogens is 3. The molecule has 1 amide bonds. The minimum Gasteiger partial charge on any atom is -0.409 e. The van der Waals surface area contributed by atoms with Crippen LogP contribution in [0.3, 0.4) is 0 Å². The molecular formula is C16H22N6O2. The number of carbonyl (C=O) groups excluding carboxylic acids is 1. The fourth-order valence-electron chi connectivity index (χ4n) is 2.60. The third-order valence-electron chi connectivity index (χ3n) is 3.78. The number of amides is 1. The zero-order valence-corrected chi connectivity index (χ0v) is 14.0. The van der Waals surface area contributed by atoms with E-state index in [1.807, 2.05) is 39.0 Å². The summed E-state index contributed by atoms with van der Waals surface area (Å²) in [6, 6.07) is 5.34. The van der Waals surface area contributed by atoms with Gasteiger partial charge in [-0.25, -0.2) is 0 Å². The molecule has 0 spiro atoms. The van der Waals surface area contributed by atoms with Crippen molar-refractivity contribution >= 4 is 11.7 Å². The van der Waals surface area contributed by atoms with Gasteiger partial charge in [0.25, 0.3) is 5.91 Å². The molecule has 0 aliphatic heterocycles. The molecule has 0 radical (unpaired) electrons. The zero-order chi connectivity index (χ0) is 17.7. The van der Waals surface area contributed by atoms with Crippen LogP contribution < -0.4 is 5.73 Å². The molecule has 0 aliphatic rings. The van der Waals surface area contributed by atoms with Crippen molar-refractivity contribution in [1.29, 1.82) is 0 Å². The number of amidine groups is 1. The molecule has 8 nitrogen and oxygen atoms in total. The first-order valence-electron chi connectivity index (χ1n) is 7.72. The second-order valence-corrected chi connectivity index (χ2v) is 5.57. The first-order chi connectivity index (χ1) is 11.5. The summed E-state index contributed by atoms with van der Waals surface area (Å²) in [5, 5.41) is 19.9. The van der Waals surface area contributed by atoms with Crippen LogP contribution in [-0.2, 0) is 0 Å². The van der Waals surface area contributed by atoms with E-state index in [0.717, 1.165) is 5.56 Å². The molecule has 0 bridgehead atoms. The Morgan fingerprint density at radius 2 is 2.08 bits per heavy atom. The molecule has 1 aromatic carbocycles. The summed E-state index contributed by atoms with van der Waals surface area (Å²) in [7, 11) is 0. The van der Waals surface area contributed by atoms with E-state index in [1.54, 1.807) is 17.3 Å². The summed E-state index contributed by atoms with van der Waals surface area (Å²) in [4.78, 5) is 16.2. The summed E-state index contributed by atoms with van der Waals surface area (Å²) >= 11 is 0. The van der Waals surface area contributed by atoms with Gasteiger partial charge >= 0.3 is 0 Å². The average molecular weight is 330 g/mol. The van der Waals surface area contributed by atoms with Crippen molar-refractivity contribution in [3.63, 3.8) is 0 Å². The highest BCUT2D eigenvalue weighted by Gasteiger charge is 2.24. The number of hydrogen-bond donors (Lipinski definition) is 2. The van der Waals surface area contributed by atoms with Gasteiger partial charge in [-0.15, -0.1) is 0 Å². The lowest BCUT2D eigenvalue weighted by molar-refractivity contribution is 0.0707. The number of rotatable bonds is 6. The van der Waals surface area contributed by atoms with Crippen molar-refractivity contribution < 1.29 is 10.0 Å². The molecule has 1 aromatic heterocycles. The van der Waals surface area contributed by atoms with E-state index in [9.17, 15) is 4.79 Å². The second kappa shape index (κ2) is 7.58. The van der Waals surface area contributed by atoms with Crippen molar-refractivity contribution in [3.05, 3.63) is 41.7 Å².